The third-order valence-electron chi connectivity index (χ3n) is 1.89. The zero-order valence-electron chi connectivity index (χ0n) is 7.77. The standard InChI is InChI=1S/C9H9Cl2N3O/c10-7-2-1-6(5-8(7)11)9(15)3-4-13-14-12/h1-2,5,9,15H,3-4H2. The number of hydrogen-bond donors (Lipinski definition) is 1. The van der Waals surface area contributed by atoms with Gasteiger partial charge in [-0.05, 0) is 29.6 Å². The summed E-state index contributed by atoms with van der Waals surface area (Å²) in [6, 6.07) is 4.91. The van der Waals surface area contributed by atoms with Gasteiger partial charge in [-0.15, -0.1) is 0 Å². The number of nitrogens with zero attached hydrogens (tertiary/aromatic N) is 3. The van der Waals surface area contributed by atoms with Crippen LogP contribution in [0.3, 0.4) is 0 Å². The molecule has 0 aliphatic carbocycles. The number of halogens is 2. The van der Waals surface area contributed by atoms with Crippen molar-refractivity contribution in [3.63, 3.8) is 0 Å². The molecule has 0 amide bonds. The van der Waals surface area contributed by atoms with Crippen molar-refractivity contribution in [3.05, 3.63) is 44.3 Å². The van der Waals surface area contributed by atoms with E-state index in [2.05, 4.69) is 10.0 Å². The zero-order valence-corrected chi connectivity index (χ0v) is 9.28. The number of rotatable bonds is 4. The fourth-order valence-corrected chi connectivity index (χ4v) is 1.42. The van der Waals surface area contributed by atoms with Gasteiger partial charge in [0.15, 0.2) is 0 Å². The van der Waals surface area contributed by atoms with E-state index in [1.807, 2.05) is 0 Å². The minimum Gasteiger partial charge on any atom is -0.388 e. The predicted molar refractivity (Wildman–Crippen MR) is 60.1 cm³/mol. The first-order valence-corrected chi connectivity index (χ1v) is 5.04. The lowest BCUT2D eigenvalue weighted by atomic mass is 10.1. The van der Waals surface area contributed by atoms with E-state index in [4.69, 9.17) is 28.7 Å². The van der Waals surface area contributed by atoms with E-state index in [9.17, 15) is 5.11 Å². The average Bonchev–Trinajstić information content (AvgIpc) is 2.22. The topological polar surface area (TPSA) is 69.0 Å². The van der Waals surface area contributed by atoms with Crippen LogP contribution in [0.4, 0.5) is 0 Å². The quantitative estimate of drug-likeness (QED) is 0.490. The van der Waals surface area contributed by atoms with Gasteiger partial charge in [0.2, 0.25) is 0 Å². The van der Waals surface area contributed by atoms with Crippen LogP contribution in [0.15, 0.2) is 23.3 Å². The number of aliphatic hydroxyl groups excluding tert-OH is 1. The Morgan fingerprint density at radius 2 is 2.13 bits per heavy atom. The molecule has 1 rings (SSSR count). The molecule has 0 saturated carbocycles. The molecule has 1 N–H and O–H groups in total. The van der Waals surface area contributed by atoms with Crippen LogP contribution in [0.1, 0.15) is 18.1 Å². The molecule has 1 unspecified atom stereocenters. The summed E-state index contributed by atoms with van der Waals surface area (Å²) >= 11 is 11.5. The molecule has 1 atom stereocenters. The van der Waals surface area contributed by atoms with Crippen molar-refractivity contribution in [3.8, 4) is 0 Å². The summed E-state index contributed by atoms with van der Waals surface area (Å²) in [5, 5.41) is 13.9. The highest BCUT2D eigenvalue weighted by atomic mass is 35.5. The highest BCUT2D eigenvalue weighted by Crippen LogP contribution is 2.26. The molecule has 0 spiro atoms. The summed E-state index contributed by atoms with van der Waals surface area (Å²) in [6.07, 6.45) is -0.326. The maximum atomic E-state index is 9.68. The Bertz CT molecular complexity index is 391. The molecule has 0 aliphatic heterocycles. The molecule has 4 nitrogen and oxygen atoms in total. The van der Waals surface area contributed by atoms with Gasteiger partial charge >= 0.3 is 0 Å². The van der Waals surface area contributed by atoms with Gasteiger partial charge in [0.25, 0.3) is 0 Å². The van der Waals surface area contributed by atoms with Crippen LogP contribution in [0.25, 0.3) is 10.4 Å². The van der Waals surface area contributed by atoms with Crippen molar-refractivity contribution in [2.45, 2.75) is 12.5 Å². The Kier molecular flexibility index (Phi) is 4.72. The third kappa shape index (κ3) is 3.61. The maximum Gasteiger partial charge on any atom is 0.0791 e. The van der Waals surface area contributed by atoms with Crippen molar-refractivity contribution in [2.75, 3.05) is 6.54 Å². The maximum absolute atomic E-state index is 9.68. The molecule has 80 valence electrons. The van der Waals surface area contributed by atoms with Gasteiger partial charge in [-0.1, -0.05) is 34.4 Å². The molecule has 0 heterocycles. The normalized spacial score (nSPS) is 11.9. The van der Waals surface area contributed by atoms with E-state index in [0.717, 1.165) is 0 Å². The van der Waals surface area contributed by atoms with E-state index in [1.54, 1.807) is 18.2 Å². The number of aliphatic hydroxyl groups is 1. The molecule has 15 heavy (non-hydrogen) atoms. The number of hydrogen-bond acceptors (Lipinski definition) is 2. The first kappa shape index (κ1) is 12.1. The van der Waals surface area contributed by atoms with Crippen molar-refractivity contribution < 1.29 is 5.11 Å². The molecule has 0 fully saturated rings. The molecule has 0 bridgehead atoms. The summed E-state index contributed by atoms with van der Waals surface area (Å²) in [6.45, 7) is 0.248. The smallest absolute Gasteiger partial charge is 0.0791 e. The summed E-state index contributed by atoms with van der Waals surface area (Å²) in [5.74, 6) is 0. The van der Waals surface area contributed by atoms with Crippen molar-refractivity contribution in [1.29, 1.82) is 0 Å². The van der Waals surface area contributed by atoms with Gasteiger partial charge in [0.05, 0.1) is 16.1 Å². The largest absolute Gasteiger partial charge is 0.388 e. The van der Waals surface area contributed by atoms with E-state index < -0.39 is 6.10 Å². The van der Waals surface area contributed by atoms with Crippen LogP contribution in [-0.2, 0) is 0 Å². The minimum absolute atomic E-state index is 0.248. The Morgan fingerprint density at radius 1 is 1.40 bits per heavy atom. The molecule has 0 saturated heterocycles. The second-order valence-electron chi connectivity index (χ2n) is 2.93. The molecule has 1 aromatic carbocycles. The van der Waals surface area contributed by atoms with Gasteiger partial charge in [-0.25, -0.2) is 0 Å². The van der Waals surface area contributed by atoms with E-state index >= 15 is 0 Å². The van der Waals surface area contributed by atoms with Crippen molar-refractivity contribution in [1.82, 2.24) is 0 Å². The first-order chi connectivity index (χ1) is 7.15. The lowest BCUT2D eigenvalue weighted by Crippen LogP contribution is -1.99. The van der Waals surface area contributed by atoms with E-state index in [-0.39, 0.29) is 6.54 Å². The lowest BCUT2D eigenvalue weighted by molar-refractivity contribution is 0.170. The Balaban J connectivity index is 2.69. The van der Waals surface area contributed by atoms with Crippen LogP contribution in [0.5, 0.6) is 0 Å². The predicted octanol–water partition coefficient (Wildman–Crippen LogP) is 3.73. The molecule has 0 aliphatic rings. The van der Waals surface area contributed by atoms with Crippen LogP contribution in [0.2, 0.25) is 10.0 Å². The monoisotopic (exact) mass is 245 g/mol. The van der Waals surface area contributed by atoms with Crippen LogP contribution in [0, 0.1) is 0 Å². The van der Waals surface area contributed by atoms with Crippen molar-refractivity contribution in [2.24, 2.45) is 5.11 Å². The number of azide groups is 1. The van der Waals surface area contributed by atoms with Gasteiger partial charge in [-0.2, -0.15) is 0 Å². The highest BCUT2D eigenvalue weighted by molar-refractivity contribution is 6.42. The van der Waals surface area contributed by atoms with Gasteiger partial charge < -0.3 is 5.11 Å². The molecular weight excluding hydrogens is 237 g/mol. The lowest BCUT2D eigenvalue weighted by Gasteiger charge is -2.09. The van der Waals surface area contributed by atoms with Gasteiger partial charge in [0.1, 0.15) is 0 Å². The molecule has 0 aromatic heterocycles. The first-order valence-electron chi connectivity index (χ1n) is 4.29. The van der Waals surface area contributed by atoms with Gasteiger partial charge in [-0.3, -0.25) is 0 Å². The zero-order chi connectivity index (χ0) is 11.3. The van der Waals surface area contributed by atoms with Crippen LogP contribution in [-0.4, -0.2) is 11.7 Å². The molecule has 6 heteroatoms. The Labute approximate surface area is 97.1 Å². The molecule has 1 aromatic rings. The summed E-state index contributed by atoms with van der Waals surface area (Å²) < 4.78 is 0. The van der Waals surface area contributed by atoms with Crippen molar-refractivity contribution >= 4 is 23.2 Å². The van der Waals surface area contributed by atoms with E-state index in [0.29, 0.717) is 22.0 Å². The summed E-state index contributed by atoms with van der Waals surface area (Å²) in [5.41, 5.74) is 8.73. The number of benzene rings is 1. The van der Waals surface area contributed by atoms with Crippen LogP contribution < -0.4 is 0 Å². The molecular formula is C9H9Cl2N3O. The SMILES string of the molecule is [N-]=[N+]=NCCC(O)c1ccc(Cl)c(Cl)c1. The Hall–Kier alpha value is -0.930. The summed E-state index contributed by atoms with van der Waals surface area (Å²) in [7, 11) is 0. The third-order valence-corrected chi connectivity index (χ3v) is 2.63. The van der Waals surface area contributed by atoms with Gasteiger partial charge in [0, 0.05) is 11.5 Å². The average molecular weight is 246 g/mol. The van der Waals surface area contributed by atoms with Crippen LogP contribution >= 0.6 is 23.2 Å². The highest BCUT2D eigenvalue weighted by Gasteiger charge is 2.08. The summed E-state index contributed by atoms with van der Waals surface area (Å²) in [4.78, 5) is 2.60. The minimum atomic E-state index is -0.690. The Morgan fingerprint density at radius 3 is 2.73 bits per heavy atom. The van der Waals surface area contributed by atoms with E-state index in [1.165, 1.54) is 0 Å². The second-order valence-corrected chi connectivity index (χ2v) is 3.75. The second kappa shape index (κ2) is 5.83. The fourth-order valence-electron chi connectivity index (χ4n) is 1.11. The fraction of sp³-hybridized carbons (Fsp3) is 0.333. The molecule has 0 radical (unpaired) electrons.